The summed E-state index contributed by atoms with van der Waals surface area (Å²) < 4.78 is 29.9. The molecule has 140 valence electrons. The fourth-order valence-corrected chi connectivity index (χ4v) is 2.98. The summed E-state index contributed by atoms with van der Waals surface area (Å²) >= 11 is 0. The Morgan fingerprint density at radius 2 is 2.08 bits per heavy atom. The van der Waals surface area contributed by atoms with Crippen LogP contribution in [-0.2, 0) is 15.9 Å². The number of benzene rings is 1. The van der Waals surface area contributed by atoms with Crippen LogP contribution in [0.2, 0.25) is 0 Å². The van der Waals surface area contributed by atoms with E-state index in [1.807, 2.05) is 0 Å². The number of ether oxygens (including phenoxy) is 3. The molecule has 1 heterocycles. The third kappa shape index (κ3) is 5.35. The van der Waals surface area contributed by atoms with Gasteiger partial charge in [0.25, 0.3) is 0 Å². The largest absolute Gasteiger partial charge is 0.491 e. The number of rotatable bonds is 9. The van der Waals surface area contributed by atoms with Crippen molar-refractivity contribution in [1.82, 2.24) is 4.90 Å². The minimum absolute atomic E-state index is 0.193. The van der Waals surface area contributed by atoms with Gasteiger partial charge >= 0.3 is 5.69 Å². The number of nitro benzene ring substituents is 1. The van der Waals surface area contributed by atoms with Crippen LogP contribution in [0.3, 0.4) is 0 Å². The average molecular weight is 356 g/mol. The Labute approximate surface area is 146 Å². The second-order valence-corrected chi connectivity index (χ2v) is 5.92. The monoisotopic (exact) mass is 356 g/mol. The fraction of sp³-hybridized carbons (Fsp3) is 0.647. The highest BCUT2D eigenvalue weighted by molar-refractivity contribution is 5.45. The average Bonchev–Trinajstić information content (AvgIpc) is 2.61. The zero-order chi connectivity index (χ0) is 18.2. The fourth-order valence-electron chi connectivity index (χ4n) is 2.98. The first kappa shape index (κ1) is 19.6. The number of nitrogens with zero attached hydrogens (tertiary/aromatic N) is 2. The molecule has 8 heteroatoms. The summed E-state index contributed by atoms with van der Waals surface area (Å²) in [5.41, 5.74) is 0.119. The molecule has 1 fully saturated rings. The van der Waals surface area contributed by atoms with Crippen molar-refractivity contribution >= 4 is 5.69 Å². The lowest BCUT2D eigenvalue weighted by atomic mass is 10.00. The highest BCUT2D eigenvalue weighted by Gasteiger charge is 2.24. The van der Waals surface area contributed by atoms with Crippen molar-refractivity contribution in [2.45, 2.75) is 25.8 Å². The van der Waals surface area contributed by atoms with Gasteiger partial charge in [0.2, 0.25) is 5.82 Å². The van der Waals surface area contributed by atoms with Crippen molar-refractivity contribution in [3.05, 3.63) is 33.6 Å². The minimum Gasteiger partial charge on any atom is -0.491 e. The molecule has 0 saturated carbocycles. The lowest BCUT2D eigenvalue weighted by Gasteiger charge is -2.34. The van der Waals surface area contributed by atoms with Crippen molar-refractivity contribution in [3.63, 3.8) is 0 Å². The zero-order valence-corrected chi connectivity index (χ0v) is 14.7. The van der Waals surface area contributed by atoms with Crippen LogP contribution in [0, 0.1) is 15.9 Å². The first-order valence-electron chi connectivity index (χ1n) is 8.47. The summed E-state index contributed by atoms with van der Waals surface area (Å²) in [6.45, 7) is 5.69. The van der Waals surface area contributed by atoms with Crippen LogP contribution in [0.5, 0.6) is 5.75 Å². The molecular formula is C17H25FN2O5. The van der Waals surface area contributed by atoms with Crippen LogP contribution in [0.1, 0.15) is 18.9 Å². The Balaban J connectivity index is 2.24. The SMILES string of the molecule is CC[C@@H](Cc1cc([N+](=O)[O-])c(F)cc1OCCOC)N1CCOCC1. The quantitative estimate of drug-likeness (QED) is 0.384. The van der Waals surface area contributed by atoms with Crippen LogP contribution >= 0.6 is 0 Å². The Morgan fingerprint density at radius 3 is 2.68 bits per heavy atom. The molecule has 1 saturated heterocycles. The molecule has 25 heavy (non-hydrogen) atoms. The normalized spacial score (nSPS) is 16.6. The summed E-state index contributed by atoms with van der Waals surface area (Å²) in [5, 5.41) is 11.1. The van der Waals surface area contributed by atoms with Crippen molar-refractivity contribution in [3.8, 4) is 5.75 Å². The predicted molar refractivity (Wildman–Crippen MR) is 90.6 cm³/mol. The molecule has 7 nitrogen and oxygen atoms in total. The minimum atomic E-state index is -0.888. The van der Waals surface area contributed by atoms with Gasteiger partial charge in [0.15, 0.2) is 0 Å². The maximum atomic E-state index is 14.0. The number of hydrogen-bond donors (Lipinski definition) is 0. The molecule has 1 aromatic rings. The van der Waals surface area contributed by atoms with E-state index in [1.54, 1.807) is 7.11 Å². The molecule has 0 radical (unpaired) electrons. The number of hydrogen-bond acceptors (Lipinski definition) is 6. The Hall–Kier alpha value is -1.77. The van der Waals surface area contributed by atoms with Crippen LogP contribution in [-0.4, -0.2) is 62.5 Å². The molecule has 0 unspecified atom stereocenters. The smallest absolute Gasteiger partial charge is 0.305 e. The van der Waals surface area contributed by atoms with E-state index in [1.165, 1.54) is 6.07 Å². The number of nitro groups is 1. The highest BCUT2D eigenvalue weighted by atomic mass is 19.1. The molecular weight excluding hydrogens is 331 g/mol. The summed E-state index contributed by atoms with van der Waals surface area (Å²) in [6.07, 6.45) is 1.43. The van der Waals surface area contributed by atoms with E-state index in [2.05, 4.69) is 11.8 Å². The standard InChI is InChI=1S/C17H25FN2O5/c1-3-14(19-4-6-24-7-5-19)10-13-11-16(20(21)22)15(18)12-17(13)25-9-8-23-2/h11-12,14H,3-10H2,1-2H3/t14-/m0/s1. The molecule has 2 rings (SSSR count). The van der Waals surface area contributed by atoms with Gasteiger partial charge in [0.1, 0.15) is 12.4 Å². The van der Waals surface area contributed by atoms with Gasteiger partial charge in [-0.2, -0.15) is 4.39 Å². The maximum absolute atomic E-state index is 14.0. The van der Waals surface area contributed by atoms with Crippen LogP contribution < -0.4 is 4.74 Å². The van der Waals surface area contributed by atoms with Crippen molar-refractivity contribution in [1.29, 1.82) is 0 Å². The van der Waals surface area contributed by atoms with Gasteiger partial charge in [-0.05, 0) is 12.8 Å². The molecule has 1 atom stereocenters. The molecule has 1 aromatic carbocycles. The van der Waals surface area contributed by atoms with E-state index >= 15 is 0 Å². The van der Waals surface area contributed by atoms with E-state index < -0.39 is 16.4 Å². The Kier molecular flexibility index (Phi) is 7.54. The third-order valence-electron chi connectivity index (χ3n) is 4.36. The van der Waals surface area contributed by atoms with Crippen LogP contribution in [0.15, 0.2) is 12.1 Å². The van der Waals surface area contributed by atoms with Gasteiger partial charge in [0.05, 0.1) is 24.7 Å². The summed E-state index contributed by atoms with van der Waals surface area (Å²) in [6, 6.07) is 2.59. The molecule has 0 N–H and O–H groups in total. The van der Waals surface area contributed by atoms with Crippen LogP contribution in [0.4, 0.5) is 10.1 Å². The van der Waals surface area contributed by atoms with Gasteiger partial charge in [-0.1, -0.05) is 6.92 Å². The van der Waals surface area contributed by atoms with Gasteiger partial charge in [-0.25, -0.2) is 0 Å². The maximum Gasteiger partial charge on any atom is 0.305 e. The van der Waals surface area contributed by atoms with Gasteiger partial charge in [-0.3, -0.25) is 15.0 Å². The molecule has 0 aliphatic carbocycles. The van der Waals surface area contributed by atoms with E-state index in [9.17, 15) is 14.5 Å². The summed E-state index contributed by atoms with van der Waals surface area (Å²) in [7, 11) is 1.55. The Bertz CT molecular complexity index is 578. The predicted octanol–water partition coefficient (Wildman–Crippen LogP) is 2.41. The first-order chi connectivity index (χ1) is 12.1. The molecule has 0 aromatic heterocycles. The van der Waals surface area contributed by atoms with Crippen LogP contribution in [0.25, 0.3) is 0 Å². The molecule has 1 aliphatic rings. The number of methoxy groups -OCH3 is 1. The highest BCUT2D eigenvalue weighted by Crippen LogP contribution is 2.30. The Morgan fingerprint density at radius 1 is 1.36 bits per heavy atom. The number of morpholine rings is 1. The lowest BCUT2D eigenvalue weighted by molar-refractivity contribution is -0.387. The lowest BCUT2D eigenvalue weighted by Crippen LogP contribution is -2.44. The van der Waals surface area contributed by atoms with E-state index in [4.69, 9.17) is 14.2 Å². The van der Waals surface area contributed by atoms with Gasteiger partial charge in [-0.15, -0.1) is 0 Å². The summed E-state index contributed by atoms with van der Waals surface area (Å²) in [4.78, 5) is 12.7. The zero-order valence-electron chi connectivity index (χ0n) is 14.7. The van der Waals surface area contributed by atoms with E-state index in [0.717, 1.165) is 25.6 Å². The molecule has 0 amide bonds. The number of halogens is 1. The second-order valence-electron chi connectivity index (χ2n) is 5.92. The van der Waals surface area contributed by atoms with E-state index in [0.29, 0.717) is 37.6 Å². The van der Waals surface area contributed by atoms with E-state index in [-0.39, 0.29) is 12.6 Å². The summed E-state index contributed by atoms with van der Waals surface area (Å²) in [5.74, 6) is -0.549. The molecule has 0 bridgehead atoms. The third-order valence-corrected chi connectivity index (χ3v) is 4.36. The van der Waals surface area contributed by atoms with Gasteiger partial charge in [0, 0.05) is 43.9 Å². The van der Waals surface area contributed by atoms with Crippen molar-refractivity contribution in [2.75, 3.05) is 46.6 Å². The van der Waals surface area contributed by atoms with Crippen molar-refractivity contribution in [2.24, 2.45) is 0 Å². The van der Waals surface area contributed by atoms with Gasteiger partial charge < -0.3 is 14.2 Å². The molecule has 1 aliphatic heterocycles. The second kappa shape index (κ2) is 9.65. The first-order valence-corrected chi connectivity index (χ1v) is 8.47. The molecule has 0 spiro atoms. The topological polar surface area (TPSA) is 74.1 Å². The van der Waals surface area contributed by atoms with Crippen molar-refractivity contribution < 1.29 is 23.5 Å².